The van der Waals surface area contributed by atoms with E-state index in [0.29, 0.717) is 0 Å². The van der Waals surface area contributed by atoms with E-state index in [9.17, 15) is 4.79 Å². The van der Waals surface area contributed by atoms with Crippen LogP contribution in [0.4, 0.5) is 0 Å². The van der Waals surface area contributed by atoms with Crippen molar-refractivity contribution in [2.24, 2.45) is 0 Å². The fourth-order valence-corrected chi connectivity index (χ4v) is 2.61. The Hall–Kier alpha value is 0.210. The molecular formula is C13H22Cl2O2. The molecule has 1 fully saturated rings. The Morgan fingerprint density at radius 2 is 1.82 bits per heavy atom. The van der Waals surface area contributed by atoms with Crippen LogP contribution in [0.25, 0.3) is 0 Å². The summed E-state index contributed by atoms with van der Waals surface area (Å²) < 4.78 is 5.12. The van der Waals surface area contributed by atoms with E-state index in [1.165, 1.54) is 32.1 Å². The van der Waals surface area contributed by atoms with Gasteiger partial charge in [0, 0.05) is 0 Å². The number of alkyl halides is 2. The standard InChI is InChI=1S/C13H22Cl2O2/c1-2-3-4-5-6-7-8-10(14)12(15)13-11(9-16)17-13/h9-13H,2-8H2,1H3/t10-,11-,12+,13+/m0/s1. The molecule has 1 heterocycles. The van der Waals surface area contributed by atoms with Gasteiger partial charge in [-0.2, -0.15) is 0 Å². The number of rotatable bonds is 10. The van der Waals surface area contributed by atoms with Crippen LogP contribution in [-0.4, -0.2) is 29.2 Å². The zero-order valence-electron chi connectivity index (χ0n) is 10.4. The number of carbonyl (C=O) groups is 1. The van der Waals surface area contributed by atoms with E-state index in [4.69, 9.17) is 27.9 Å². The Kier molecular flexibility index (Phi) is 7.49. The average Bonchev–Trinajstić information content (AvgIpc) is 3.11. The molecule has 0 aromatic rings. The minimum Gasteiger partial charge on any atom is -0.360 e. The van der Waals surface area contributed by atoms with Gasteiger partial charge in [-0.05, 0) is 6.42 Å². The first-order valence-corrected chi connectivity index (χ1v) is 7.47. The van der Waals surface area contributed by atoms with Gasteiger partial charge in [0.05, 0.1) is 10.8 Å². The van der Waals surface area contributed by atoms with E-state index in [-0.39, 0.29) is 23.0 Å². The average molecular weight is 281 g/mol. The summed E-state index contributed by atoms with van der Waals surface area (Å²) in [5.41, 5.74) is 0. The molecule has 100 valence electrons. The van der Waals surface area contributed by atoms with Crippen LogP contribution in [0.5, 0.6) is 0 Å². The molecule has 4 atom stereocenters. The van der Waals surface area contributed by atoms with Crippen LogP contribution >= 0.6 is 23.2 Å². The van der Waals surface area contributed by atoms with Gasteiger partial charge in [0.15, 0.2) is 6.29 Å². The van der Waals surface area contributed by atoms with Crippen LogP contribution in [0.1, 0.15) is 51.9 Å². The van der Waals surface area contributed by atoms with Gasteiger partial charge in [-0.25, -0.2) is 0 Å². The fraction of sp³-hybridized carbons (Fsp3) is 0.923. The highest BCUT2D eigenvalue weighted by Gasteiger charge is 2.46. The number of aldehydes is 1. The van der Waals surface area contributed by atoms with Crippen molar-refractivity contribution < 1.29 is 9.53 Å². The molecule has 0 radical (unpaired) electrons. The van der Waals surface area contributed by atoms with Crippen LogP contribution in [0.3, 0.4) is 0 Å². The largest absolute Gasteiger partial charge is 0.360 e. The molecule has 4 heteroatoms. The third-order valence-electron chi connectivity index (χ3n) is 3.19. The molecule has 0 aromatic heterocycles. The lowest BCUT2D eigenvalue weighted by atomic mass is 10.1. The van der Waals surface area contributed by atoms with Crippen molar-refractivity contribution in [2.75, 3.05) is 0 Å². The number of hydrogen-bond donors (Lipinski definition) is 0. The van der Waals surface area contributed by atoms with Gasteiger partial charge in [-0.3, -0.25) is 0 Å². The number of epoxide rings is 1. The first-order chi connectivity index (χ1) is 8.20. The fourth-order valence-electron chi connectivity index (χ4n) is 1.99. The Labute approximate surface area is 114 Å². The summed E-state index contributed by atoms with van der Waals surface area (Å²) in [4.78, 5) is 10.4. The minimum absolute atomic E-state index is 0.0854. The first-order valence-electron chi connectivity index (χ1n) is 6.59. The molecule has 0 unspecified atom stereocenters. The van der Waals surface area contributed by atoms with E-state index in [0.717, 1.165) is 19.1 Å². The van der Waals surface area contributed by atoms with E-state index < -0.39 is 0 Å². The molecule has 0 bridgehead atoms. The molecule has 0 aromatic carbocycles. The second-order valence-corrected chi connectivity index (χ2v) is 5.78. The highest BCUT2D eigenvalue weighted by atomic mass is 35.5. The van der Waals surface area contributed by atoms with Crippen LogP contribution in [0, 0.1) is 0 Å². The topological polar surface area (TPSA) is 29.6 Å². The summed E-state index contributed by atoms with van der Waals surface area (Å²) in [6.45, 7) is 2.21. The van der Waals surface area contributed by atoms with Crippen LogP contribution in [-0.2, 0) is 9.53 Å². The van der Waals surface area contributed by atoms with E-state index >= 15 is 0 Å². The van der Waals surface area contributed by atoms with E-state index in [1.807, 2.05) is 0 Å². The van der Waals surface area contributed by atoms with E-state index in [1.54, 1.807) is 0 Å². The van der Waals surface area contributed by atoms with Gasteiger partial charge in [0.2, 0.25) is 0 Å². The highest BCUT2D eigenvalue weighted by Crippen LogP contribution is 2.32. The van der Waals surface area contributed by atoms with Gasteiger partial charge in [-0.15, -0.1) is 23.2 Å². The summed E-state index contributed by atoms with van der Waals surface area (Å²) in [5.74, 6) is 0. The zero-order chi connectivity index (χ0) is 12.7. The van der Waals surface area contributed by atoms with Gasteiger partial charge >= 0.3 is 0 Å². The summed E-state index contributed by atoms with van der Waals surface area (Å²) >= 11 is 12.3. The van der Waals surface area contributed by atoms with Crippen molar-refractivity contribution in [3.05, 3.63) is 0 Å². The maximum Gasteiger partial charge on any atom is 0.151 e. The second kappa shape index (κ2) is 8.34. The summed E-state index contributed by atoms with van der Waals surface area (Å²) in [6, 6.07) is 0. The number of halogens is 2. The monoisotopic (exact) mass is 280 g/mol. The van der Waals surface area contributed by atoms with Crippen molar-refractivity contribution in [3.63, 3.8) is 0 Å². The van der Waals surface area contributed by atoms with Gasteiger partial charge in [0.1, 0.15) is 12.2 Å². The normalized spacial score (nSPS) is 26.5. The van der Waals surface area contributed by atoms with Crippen molar-refractivity contribution in [1.29, 1.82) is 0 Å². The van der Waals surface area contributed by atoms with Crippen molar-refractivity contribution in [2.45, 2.75) is 74.8 Å². The Balaban J connectivity index is 2.01. The first kappa shape index (κ1) is 15.3. The lowest BCUT2D eigenvalue weighted by Gasteiger charge is -2.13. The molecule has 0 aliphatic carbocycles. The number of carbonyl (C=O) groups excluding carboxylic acids is 1. The third kappa shape index (κ3) is 5.58. The lowest BCUT2D eigenvalue weighted by molar-refractivity contribution is -0.108. The minimum atomic E-state index is -0.316. The van der Waals surface area contributed by atoms with Crippen LogP contribution in [0.2, 0.25) is 0 Å². The molecular weight excluding hydrogens is 259 g/mol. The number of unbranched alkanes of at least 4 members (excludes halogenated alkanes) is 5. The molecule has 1 aliphatic heterocycles. The van der Waals surface area contributed by atoms with Crippen molar-refractivity contribution in [3.8, 4) is 0 Å². The van der Waals surface area contributed by atoms with Gasteiger partial charge < -0.3 is 9.53 Å². The smallest absolute Gasteiger partial charge is 0.151 e. The van der Waals surface area contributed by atoms with Crippen molar-refractivity contribution >= 4 is 29.5 Å². The van der Waals surface area contributed by atoms with Crippen LogP contribution in [0.15, 0.2) is 0 Å². The molecule has 0 spiro atoms. The maximum atomic E-state index is 10.4. The molecule has 17 heavy (non-hydrogen) atoms. The lowest BCUT2D eigenvalue weighted by Crippen LogP contribution is -2.23. The molecule has 1 aliphatic rings. The molecule has 0 N–H and O–H groups in total. The maximum absolute atomic E-state index is 10.4. The quantitative estimate of drug-likeness (QED) is 0.263. The molecule has 1 rings (SSSR count). The predicted octanol–water partition coefficient (Wildman–Crippen LogP) is 3.92. The Bertz CT molecular complexity index is 223. The van der Waals surface area contributed by atoms with Crippen LogP contribution < -0.4 is 0 Å². The van der Waals surface area contributed by atoms with Crippen molar-refractivity contribution in [1.82, 2.24) is 0 Å². The molecule has 1 saturated heterocycles. The summed E-state index contributed by atoms with van der Waals surface area (Å²) in [6.07, 6.45) is 8.75. The highest BCUT2D eigenvalue weighted by molar-refractivity contribution is 6.30. The Morgan fingerprint density at radius 1 is 1.18 bits per heavy atom. The second-order valence-electron chi connectivity index (χ2n) is 4.72. The SMILES string of the molecule is CCCCCCCC[C@H](Cl)[C@@H](Cl)[C@@H]1O[C@H]1C=O. The molecule has 0 saturated carbocycles. The van der Waals surface area contributed by atoms with Gasteiger partial charge in [-0.1, -0.05) is 45.4 Å². The van der Waals surface area contributed by atoms with E-state index in [2.05, 4.69) is 6.92 Å². The summed E-state index contributed by atoms with van der Waals surface area (Å²) in [5, 5.41) is -0.319. The Morgan fingerprint density at radius 3 is 2.41 bits per heavy atom. The number of ether oxygens (including phenoxy) is 1. The summed E-state index contributed by atoms with van der Waals surface area (Å²) in [7, 11) is 0. The van der Waals surface area contributed by atoms with Gasteiger partial charge in [0.25, 0.3) is 0 Å². The predicted molar refractivity (Wildman–Crippen MR) is 72.0 cm³/mol. The number of hydrogen-bond acceptors (Lipinski definition) is 2. The zero-order valence-corrected chi connectivity index (χ0v) is 11.9. The molecule has 0 amide bonds. The molecule has 2 nitrogen and oxygen atoms in total. The third-order valence-corrected chi connectivity index (χ3v) is 4.36.